The maximum Gasteiger partial charge on any atom is 0.346 e. The Morgan fingerprint density at radius 3 is 2.04 bits per heavy atom. The lowest BCUT2D eigenvalue weighted by Gasteiger charge is -2.35. The third-order valence-electron chi connectivity index (χ3n) is 4.49. The van der Waals surface area contributed by atoms with Gasteiger partial charge in [0.25, 0.3) is 0 Å². The highest BCUT2D eigenvalue weighted by atomic mass is 16.6. The number of benzene rings is 1. The van der Waals surface area contributed by atoms with Crippen molar-refractivity contribution >= 4 is 11.9 Å². The molecule has 0 N–H and O–H groups in total. The molecule has 6 nitrogen and oxygen atoms in total. The van der Waals surface area contributed by atoms with Crippen molar-refractivity contribution in [3.63, 3.8) is 0 Å². The summed E-state index contributed by atoms with van der Waals surface area (Å²) in [4.78, 5) is 23.8. The van der Waals surface area contributed by atoms with E-state index in [0.717, 1.165) is 25.7 Å². The van der Waals surface area contributed by atoms with Crippen molar-refractivity contribution in [1.29, 1.82) is 0 Å². The van der Waals surface area contributed by atoms with Crippen molar-refractivity contribution in [2.24, 2.45) is 0 Å². The Hall–Kier alpha value is -2.50. The van der Waals surface area contributed by atoms with Crippen LogP contribution >= 0.6 is 0 Å². The fourth-order valence-corrected chi connectivity index (χ4v) is 2.98. The van der Waals surface area contributed by atoms with E-state index in [9.17, 15) is 9.59 Å². The molecule has 1 aromatic rings. The first-order valence-electron chi connectivity index (χ1n) is 8.66. The van der Waals surface area contributed by atoms with Gasteiger partial charge in [-0.3, -0.25) is 0 Å². The first kappa shape index (κ1) is 19.8. The van der Waals surface area contributed by atoms with E-state index in [1.165, 1.54) is 39.7 Å². The van der Waals surface area contributed by atoms with Gasteiger partial charge in [0.15, 0.2) is 11.5 Å². The summed E-state index contributed by atoms with van der Waals surface area (Å²) in [7, 11) is 2.97. The third-order valence-corrected chi connectivity index (χ3v) is 4.49. The lowest BCUT2D eigenvalue weighted by atomic mass is 9.86. The number of hydrogen-bond acceptors (Lipinski definition) is 6. The molecule has 1 fully saturated rings. The largest absolute Gasteiger partial charge is 0.493 e. The molecule has 1 aliphatic rings. The van der Waals surface area contributed by atoms with Crippen molar-refractivity contribution < 1.29 is 28.5 Å². The second-order valence-corrected chi connectivity index (χ2v) is 6.78. The van der Waals surface area contributed by atoms with Gasteiger partial charge >= 0.3 is 11.9 Å². The van der Waals surface area contributed by atoms with Crippen molar-refractivity contribution in [1.82, 2.24) is 0 Å². The van der Waals surface area contributed by atoms with Gasteiger partial charge in [-0.05, 0) is 51.7 Å². The van der Waals surface area contributed by atoms with Crippen LogP contribution < -0.4 is 14.2 Å². The number of rotatable bonds is 6. The first-order valence-corrected chi connectivity index (χ1v) is 8.66. The van der Waals surface area contributed by atoms with Crippen LogP contribution in [-0.4, -0.2) is 31.8 Å². The molecule has 0 amide bonds. The Balaban J connectivity index is 2.33. The van der Waals surface area contributed by atoms with E-state index in [1.54, 1.807) is 0 Å². The summed E-state index contributed by atoms with van der Waals surface area (Å²) in [5, 5.41) is 0. The molecule has 0 atom stereocenters. The summed E-state index contributed by atoms with van der Waals surface area (Å²) in [6, 6.07) is 2.97. The molecular weight excluding hydrogens is 336 g/mol. The molecule has 0 radical (unpaired) electrons. The Labute approximate surface area is 154 Å². The van der Waals surface area contributed by atoms with E-state index < -0.39 is 11.9 Å². The van der Waals surface area contributed by atoms with Crippen LogP contribution in [0.2, 0.25) is 0 Å². The number of carbonyl (C=O) groups is 2. The Morgan fingerprint density at radius 2 is 1.58 bits per heavy atom. The summed E-state index contributed by atoms with van der Waals surface area (Å²) in [6.45, 7) is 7.00. The number of carbonyl (C=O) groups excluding carboxylic acids is 2. The molecule has 26 heavy (non-hydrogen) atoms. The lowest BCUT2D eigenvalue weighted by Crippen LogP contribution is -2.34. The highest BCUT2D eigenvalue weighted by Crippen LogP contribution is 2.43. The monoisotopic (exact) mass is 362 g/mol. The molecule has 142 valence electrons. The van der Waals surface area contributed by atoms with E-state index in [-0.39, 0.29) is 16.7 Å². The minimum atomic E-state index is -0.801. The van der Waals surface area contributed by atoms with Gasteiger partial charge in [0.2, 0.25) is 5.75 Å². The normalized spacial score (nSPS) is 15.7. The molecule has 2 rings (SSSR count). The molecule has 1 aromatic carbocycles. The van der Waals surface area contributed by atoms with Crippen LogP contribution in [0.5, 0.6) is 17.2 Å². The molecule has 0 heterocycles. The van der Waals surface area contributed by atoms with Crippen LogP contribution in [-0.2, 0) is 9.53 Å². The summed E-state index contributed by atoms with van der Waals surface area (Å²) in [6.07, 6.45) is 5.30. The molecular formula is C20H26O6. The van der Waals surface area contributed by atoms with Gasteiger partial charge in [-0.25, -0.2) is 9.59 Å². The average Bonchev–Trinajstić information content (AvgIpc) is 2.61. The Kier molecular flexibility index (Phi) is 6.29. The van der Waals surface area contributed by atoms with E-state index in [2.05, 4.69) is 13.5 Å². The average molecular weight is 362 g/mol. The van der Waals surface area contributed by atoms with Crippen LogP contribution in [0.1, 0.15) is 56.3 Å². The Morgan fingerprint density at radius 1 is 1.04 bits per heavy atom. The number of esters is 2. The number of hydrogen-bond donors (Lipinski definition) is 0. The van der Waals surface area contributed by atoms with Crippen molar-refractivity contribution in [2.45, 2.75) is 51.6 Å². The van der Waals surface area contributed by atoms with E-state index in [0.29, 0.717) is 17.2 Å². The molecule has 0 spiro atoms. The zero-order valence-electron chi connectivity index (χ0n) is 15.8. The molecule has 1 saturated carbocycles. The van der Waals surface area contributed by atoms with Crippen molar-refractivity contribution in [3.05, 3.63) is 29.8 Å². The smallest absolute Gasteiger partial charge is 0.346 e. The topological polar surface area (TPSA) is 71.1 Å². The predicted molar refractivity (Wildman–Crippen MR) is 96.9 cm³/mol. The standard InChI is InChI=1S/C20H26O6/c1-13(2)18(21)25-19(22)14-11-15(23-4)17(16(12-14)24-5)26-20(3)9-7-6-8-10-20/h11-12H,1,6-10H2,2-5H3. The van der Waals surface area contributed by atoms with Gasteiger partial charge in [-0.1, -0.05) is 13.0 Å². The predicted octanol–water partition coefficient (Wildman–Crippen LogP) is 4.06. The van der Waals surface area contributed by atoms with Gasteiger partial charge in [0.1, 0.15) is 5.60 Å². The minimum Gasteiger partial charge on any atom is -0.493 e. The quantitative estimate of drug-likeness (QED) is 0.432. The van der Waals surface area contributed by atoms with Crippen LogP contribution in [0.3, 0.4) is 0 Å². The van der Waals surface area contributed by atoms with E-state index in [1.807, 2.05) is 0 Å². The van der Waals surface area contributed by atoms with Gasteiger partial charge in [0, 0.05) is 5.57 Å². The molecule has 6 heteroatoms. The third kappa shape index (κ3) is 4.56. The molecule has 0 bridgehead atoms. The maximum atomic E-state index is 12.2. The fourth-order valence-electron chi connectivity index (χ4n) is 2.98. The van der Waals surface area contributed by atoms with Crippen molar-refractivity contribution in [2.75, 3.05) is 14.2 Å². The highest BCUT2D eigenvalue weighted by molar-refractivity contribution is 6.02. The second-order valence-electron chi connectivity index (χ2n) is 6.78. The van der Waals surface area contributed by atoms with Crippen LogP contribution in [0.4, 0.5) is 0 Å². The van der Waals surface area contributed by atoms with Crippen LogP contribution in [0.15, 0.2) is 24.3 Å². The summed E-state index contributed by atoms with van der Waals surface area (Å²) in [5.41, 5.74) is -0.0339. The van der Waals surface area contributed by atoms with E-state index in [4.69, 9.17) is 18.9 Å². The van der Waals surface area contributed by atoms with Gasteiger partial charge in [-0.2, -0.15) is 0 Å². The number of ether oxygens (including phenoxy) is 4. The van der Waals surface area contributed by atoms with Crippen molar-refractivity contribution in [3.8, 4) is 17.2 Å². The molecule has 0 aliphatic heterocycles. The first-order chi connectivity index (χ1) is 12.3. The summed E-state index contributed by atoms with van der Waals surface area (Å²) < 4.78 is 21.8. The zero-order chi connectivity index (χ0) is 19.3. The zero-order valence-corrected chi connectivity index (χ0v) is 15.8. The number of methoxy groups -OCH3 is 2. The summed E-state index contributed by atoms with van der Waals surface area (Å²) >= 11 is 0. The van der Waals surface area contributed by atoms with E-state index >= 15 is 0 Å². The lowest BCUT2D eigenvalue weighted by molar-refractivity contribution is -0.133. The summed E-state index contributed by atoms with van der Waals surface area (Å²) in [5.74, 6) is -0.424. The minimum absolute atomic E-state index is 0.134. The SMILES string of the molecule is C=C(C)C(=O)OC(=O)c1cc(OC)c(OC2(C)CCCCC2)c(OC)c1. The van der Waals surface area contributed by atoms with Crippen LogP contribution in [0.25, 0.3) is 0 Å². The molecule has 1 aliphatic carbocycles. The fraction of sp³-hybridized carbons (Fsp3) is 0.500. The van der Waals surface area contributed by atoms with Crippen LogP contribution in [0, 0.1) is 0 Å². The Bertz CT molecular complexity index is 675. The van der Waals surface area contributed by atoms with Gasteiger partial charge < -0.3 is 18.9 Å². The highest BCUT2D eigenvalue weighted by Gasteiger charge is 2.32. The molecule has 0 saturated heterocycles. The maximum absolute atomic E-state index is 12.2. The van der Waals surface area contributed by atoms with Gasteiger partial charge in [-0.15, -0.1) is 0 Å². The molecule has 0 unspecified atom stereocenters. The van der Waals surface area contributed by atoms with Gasteiger partial charge in [0.05, 0.1) is 19.8 Å². The second kappa shape index (κ2) is 8.25. The molecule has 0 aromatic heterocycles.